The molecule has 11 heteroatoms. The predicted molar refractivity (Wildman–Crippen MR) is 96.0 cm³/mol. The summed E-state index contributed by atoms with van der Waals surface area (Å²) in [5.74, 6) is -0.710. The summed E-state index contributed by atoms with van der Waals surface area (Å²) in [5, 5.41) is 49.3. The molecule has 0 saturated carbocycles. The van der Waals surface area contributed by atoms with Crippen LogP contribution < -0.4 is 10.5 Å². The van der Waals surface area contributed by atoms with E-state index in [9.17, 15) is 24.9 Å². The van der Waals surface area contributed by atoms with Crippen molar-refractivity contribution >= 4 is 41.1 Å². The average molecular weight is 402 g/mol. The topological polar surface area (TPSA) is 151 Å². The van der Waals surface area contributed by atoms with Crippen LogP contribution in [0.15, 0.2) is 34.1 Å². The maximum absolute atomic E-state index is 12.4. The van der Waals surface area contributed by atoms with Gasteiger partial charge in [0.2, 0.25) is 0 Å². The van der Waals surface area contributed by atoms with Crippen LogP contribution in [0.5, 0.6) is 0 Å². The highest BCUT2D eigenvalue weighted by atomic mass is 32.2. The van der Waals surface area contributed by atoms with E-state index in [4.69, 9.17) is 10.4 Å². The summed E-state index contributed by atoms with van der Waals surface area (Å²) in [5.41, 5.74) is 0.394. The normalized spacial score (nSPS) is 16.8. The monoisotopic (exact) mass is 402 g/mol. The number of carbonyl (C=O) groups excluding carboxylic acids is 1. The highest BCUT2D eigenvalue weighted by Gasteiger charge is 2.29. The van der Waals surface area contributed by atoms with Crippen LogP contribution >= 0.6 is 23.5 Å². The van der Waals surface area contributed by atoms with E-state index in [1.807, 2.05) is 0 Å². The highest BCUT2D eigenvalue weighted by Crippen LogP contribution is 2.34. The van der Waals surface area contributed by atoms with Crippen LogP contribution in [0, 0.1) is 0 Å². The summed E-state index contributed by atoms with van der Waals surface area (Å²) in [6, 6.07) is 4.40. The lowest BCUT2D eigenvalue weighted by atomic mass is 10.0. The van der Waals surface area contributed by atoms with Crippen molar-refractivity contribution in [3.05, 3.63) is 39.6 Å². The molecule has 1 aromatic carbocycles. The molecular weight excluding hydrogens is 384 g/mol. The van der Waals surface area contributed by atoms with Crippen LogP contribution in [-0.4, -0.2) is 61.8 Å². The van der Waals surface area contributed by atoms with Crippen molar-refractivity contribution < 1.29 is 35.3 Å². The van der Waals surface area contributed by atoms with Crippen molar-refractivity contribution in [2.75, 3.05) is 23.3 Å². The molecule has 1 aliphatic heterocycles. The zero-order valence-corrected chi connectivity index (χ0v) is 15.0. The molecule has 0 spiro atoms. The van der Waals surface area contributed by atoms with Crippen molar-refractivity contribution in [2.24, 2.45) is 0 Å². The number of thioether (sulfide) groups is 2. The maximum Gasteiger partial charge on any atom is 0.343 e. The van der Waals surface area contributed by atoms with Crippen molar-refractivity contribution in [1.82, 2.24) is 5.32 Å². The summed E-state index contributed by atoms with van der Waals surface area (Å²) >= 11 is 2.19. The standard InChI is InChI=1S/C15H18N2O7S2/c18-7-10(11(19)8-1-3-9(4-2-8)17(23)24)16-14(20)12-13(15(21)22)26-6-5-25-12/h1-4,10-11,18-19,23-24H,5-7H2,(H,16,20)(H,21,22)/t10?,11-/m0/s1. The minimum absolute atomic E-state index is 0.0472. The highest BCUT2D eigenvalue weighted by molar-refractivity contribution is 8.11. The molecule has 0 bridgehead atoms. The third-order valence-corrected chi connectivity index (χ3v) is 6.09. The Balaban J connectivity index is 2.14. The number of aliphatic hydroxyl groups is 2. The molecule has 1 heterocycles. The first kappa shape index (κ1) is 20.6. The van der Waals surface area contributed by atoms with Gasteiger partial charge < -0.3 is 20.6 Å². The Kier molecular flexibility index (Phi) is 7.32. The van der Waals surface area contributed by atoms with Gasteiger partial charge in [-0.05, 0) is 17.7 Å². The van der Waals surface area contributed by atoms with Gasteiger partial charge >= 0.3 is 5.97 Å². The summed E-state index contributed by atoms with van der Waals surface area (Å²) in [4.78, 5) is 23.6. The number of benzene rings is 1. The van der Waals surface area contributed by atoms with Gasteiger partial charge in [-0.25, -0.2) is 4.79 Å². The first-order chi connectivity index (χ1) is 12.3. The number of carboxylic acid groups (broad SMARTS) is 1. The molecule has 26 heavy (non-hydrogen) atoms. The number of anilines is 1. The second-order valence-electron chi connectivity index (χ2n) is 5.25. The van der Waals surface area contributed by atoms with E-state index in [1.54, 1.807) is 0 Å². The maximum atomic E-state index is 12.4. The fourth-order valence-electron chi connectivity index (χ4n) is 2.24. The molecule has 9 nitrogen and oxygen atoms in total. The molecule has 0 fully saturated rings. The van der Waals surface area contributed by atoms with E-state index in [0.29, 0.717) is 17.1 Å². The van der Waals surface area contributed by atoms with Crippen LogP contribution in [0.25, 0.3) is 0 Å². The molecule has 0 saturated heterocycles. The Hall–Kier alpha value is -1.76. The molecule has 0 aliphatic carbocycles. The summed E-state index contributed by atoms with van der Waals surface area (Å²) in [6.07, 6.45) is -1.28. The van der Waals surface area contributed by atoms with Crippen LogP contribution in [0.2, 0.25) is 0 Å². The zero-order chi connectivity index (χ0) is 19.3. The van der Waals surface area contributed by atoms with Gasteiger partial charge in [-0.3, -0.25) is 15.2 Å². The van der Waals surface area contributed by atoms with Gasteiger partial charge in [0.1, 0.15) is 11.0 Å². The minimum Gasteiger partial charge on any atom is -0.477 e. The molecule has 2 rings (SSSR count). The number of nitrogens with zero attached hydrogens (tertiary/aromatic N) is 1. The number of aliphatic hydroxyl groups excluding tert-OH is 2. The minimum atomic E-state index is -1.28. The Labute approximate surface area is 157 Å². The number of hydrogen-bond donors (Lipinski definition) is 6. The average Bonchev–Trinajstić information content (AvgIpc) is 2.65. The predicted octanol–water partition coefficient (Wildman–Crippen LogP) is 0.558. The smallest absolute Gasteiger partial charge is 0.343 e. The van der Waals surface area contributed by atoms with Gasteiger partial charge in [-0.2, -0.15) is 0 Å². The molecule has 1 aromatic rings. The molecule has 1 unspecified atom stereocenters. The van der Waals surface area contributed by atoms with E-state index >= 15 is 0 Å². The Morgan fingerprint density at radius 1 is 1.12 bits per heavy atom. The van der Waals surface area contributed by atoms with E-state index in [1.165, 1.54) is 24.3 Å². The number of aliphatic carboxylic acids is 1. The first-order valence-electron chi connectivity index (χ1n) is 7.46. The lowest BCUT2D eigenvalue weighted by Crippen LogP contribution is -2.42. The molecule has 2 atom stereocenters. The van der Waals surface area contributed by atoms with Crippen LogP contribution in [0.1, 0.15) is 11.7 Å². The van der Waals surface area contributed by atoms with Crippen LogP contribution in [-0.2, 0) is 9.59 Å². The van der Waals surface area contributed by atoms with Gasteiger partial charge in [0, 0.05) is 11.5 Å². The fourth-order valence-corrected chi connectivity index (χ4v) is 4.43. The van der Waals surface area contributed by atoms with Gasteiger partial charge in [0.05, 0.1) is 23.2 Å². The largest absolute Gasteiger partial charge is 0.477 e. The second-order valence-corrected chi connectivity index (χ2v) is 7.46. The van der Waals surface area contributed by atoms with Crippen molar-refractivity contribution in [1.29, 1.82) is 0 Å². The summed E-state index contributed by atoms with van der Waals surface area (Å²) in [7, 11) is 0. The van der Waals surface area contributed by atoms with Gasteiger partial charge in [0.25, 0.3) is 5.91 Å². The SMILES string of the molecule is O=C(O)C1=C(C(=O)NC(CO)[C@@H](O)c2ccc(N(O)O)cc2)SCCS1. The van der Waals surface area contributed by atoms with Crippen molar-refractivity contribution in [3.8, 4) is 0 Å². The number of nitrogens with one attached hydrogen (secondary N) is 1. The zero-order valence-electron chi connectivity index (χ0n) is 13.4. The number of rotatable bonds is 7. The quantitative estimate of drug-likeness (QED) is 0.357. The summed E-state index contributed by atoms with van der Waals surface area (Å²) in [6.45, 7) is -0.575. The number of amides is 1. The van der Waals surface area contributed by atoms with Crippen molar-refractivity contribution in [3.63, 3.8) is 0 Å². The van der Waals surface area contributed by atoms with Gasteiger partial charge in [0.15, 0.2) is 0 Å². The first-order valence-corrected chi connectivity index (χ1v) is 9.43. The third-order valence-electron chi connectivity index (χ3n) is 3.54. The Morgan fingerprint density at radius 2 is 1.69 bits per heavy atom. The number of hydrogen-bond acceptors (Lipinski definition) is 9. The van der Waals surface area contributed by atoms with E-state index < -0.39 is 30.6 Å². The van der Waals surface area contributed by atoms with Crippen molar-refractivity contribution in [2.45, 2.75) is 12.1 Å². The lowest BCUT2D eigenvalue weighted by Gasteiger charge is -2.24. The van der Waals surface area contributed by atoms with Crippen LogP contribution in [0.3, 0.4) is 0 Å². The van der Waals surface area contributed by atoms with E-state index in [0.717, 1.165) is 23.5 Å². The Morgan fingerprint density at radius 3 is 2.19 bits per heavy atom. The molecule has 1 aliphatic rings. The van der Waals surface area contributed by atoms with Crippen LogP contribution in [0.4, 0.5) is 5.69 Å². The fraction of sp³-hybridized carbons (Fsp3) is 0.333. The van der Waals surface area contributed by atoms with Gasteiger partial charge in [-0.1, -0.05) is 12.1 Å². The Bertz CT molecular complexity index is 694. The van der Waals surface area contributed by atoms with E-state index in [2.05, 4.69) is 5.32 Å². The molecular formula is C15H18N2O7S2. The van der Waals surface area contributed by atoms with Gasteiger partial charge in [-0.15, -0.1) is 28.8 Å². The molecule has 142 valence electrons. The molecule has 0 radical (unpaired) electrons. The number of carboxylic acids is 1. The molecule has 0 aromatic heterocycles. The lowest BCUT2D eigenvalue weighted by molar-refractivity contribution is -0.132. The third kappa shape index (κ3) is 4.90. The number of carbonyl (C=O) groups is 2. The summed E-state index contributed by atoms with van der Waals surface area (Å²) < 4.78 is 0. The molecule has 6 N–H and O–H groups in total. The molecule has 1 amide bonds. The van der Waals surface area contributed by atoms with E-state index in [-0.39, 0.29) is 20.7 Å². The second kappa shape index (κ2) is 9.26.